The zero-order valence-corrected chi connectivity index (χ0v) is 30.1. The Morgan fingerprint density at radius 2 is 1.60 bits per heavy atom. The smallest absolute Gasteiger partial charge is 0.260 e. The number of hydrazine groups is 1. The number of ketones is 1. The van der Waals surface area contributed by atoms with Crippen LogP contribution in [0.5, 0.6) is 11.5 Å². The number of carbonyl (C=O) groups excluding carboxylic acids is 5. The highest BCUT2D eigenvalue weighted by molar-refractivity contribution is 6.36. The predicted octanol–water partition coefficient (Wildman–Crippen LogP) is 7.10. The largest absolute Gasteiger partial charge is 0.508 e. The number of carbonyl (C=O) groups is 5. The highest BCUT2D eigenvalue weighted by atomic mass is 35.5. The Kier molecular flexibility index (Phi) is 8.42. The van der Waals surface area contributed by atoms with Crippen molar-refractivity contribution in [1.82, 2.24) is 5.01 Å². The van der Waals surface area contributed by atoms with Gasteiger partial charge >= 0.3 is 0 Å². The summed E-state index contributed by atoms with van der Waals surface area (Å²) in [6.45, 7) is 1.44. The van der Waals surface area contributed by atoms with E-state index >= 15 is 4.79 Å². The van der Waals surface area contributed by atoms with E-state index in [4.69, 9.17) is 27.9 Å². The number of Topliss-reactive ketones (excluding diaryl/α,β-unsaturated/α-hetero) is 1. The molecule has 2 N–H and O–H groups in total. The SMILES string of the molecule is COc1ccc(C23C(=O)N(Nc4ccc(Cl)cc4Cl)C(=O)C2CC2C(=CCC4C(=O)N(c5ccc(C(C)=O)cc5)C(=O)C42)C3c2ccccc2O)cc1. The molecule has 3 fully saturated rings. The van der Waals surface area contributed by atoms with Gasteiger partial charge < -0.3 is 9.84 Å². The maximum atomic E-state index is 15.3. The molecule has 10 nitrogen and oxygen atoms in total. The average Bonchev–Trinajstić information content (AvgIpc) is 3.53. The van der Waals surface area contributed by atoms with E-state index in [9.17, 15) is 24.3 Å². The Labute approximate surface area is 314 Å². The molecule has 53 heavy (non-hydrogen) atoms. The van der Waals surface area contributed by atoms with E-state index in [2.05, 4.69) is 5.43 Å². The number of hydrogen-bond acceptors (Lipinski definition) is 8. The van der Waals surface area contributed by atoms with Crippen LogP contribution in [0.4, 0.5) is 11.4 Å². The molecular formula is C41H33Cl2N3O7. The third-order valence-electron chi connectivity index (χ3n) is 11.4. The summed E-state index contributed by atoms with van der Waals surface area (Å²) in [5.74, 6) is -5.74. The monoisotopic (exact) mass is 749 g/mol. The summed E-state index contributed by atoms with van der Waals surface area (Å²) in [4.78, 5) is 71.9. The molecule has 1 saturated carbocycles. The summed E-state index contributed by atoms with van der Waals surface area (Å²) in [5.41, 5.74) is 4.06. The molecule has 8 rings (SSSR count). The second-order valence-corrected chi connectivity index (χ2v) is 14.7. The molecule has 4 aromatic rings. The van der Waals surface area contributed by atoms with Crippen LogP contribution in [0.2, 0.25) is 10.0 Å². The van der Waals surface area contributed by atoms with Gasteiger partial charge in [0.05, 0.1) is 46.7 Å². The van der Waals surface area contributed by atoms with Crippen molar-refractivity contribution in [3.63, 3.8) is 0 Å². The van der Waals surface area contributed by atoms with Crippen molar-refractivity contribution in [2.75, 3.05) is 17.4 Å². The topological polar surface area (TPSA) is 133 Å². The Hall–Kier alpha value is -5.45. The Balaban J connectivity index is 1.30. The summed E-state index contributed by atoms with van der Waals surface area (Å²) in [6, 6.07) is 24.6. The molecule has 0 radical (unpaired) electrons. The van der Waals surface area contributed by atoms with E-state index in [0.29, 0.717) is 38.7 Å². The molecule has 6 unspecified atom stereocenters. The molecular weight excluding hydrogens is 717 g/mol. The van der Waals surface area contributed by atoms with E-state index in [0.717, 1.165) is 5.01 Å². The van der Waals surface area contributed by atoms with Gasteiger partial charge in [-0.15, -0.1) is 0 Å². The van der Waals surface area contributed by atoms with Crippen molar-refractivity contribution in [3.8, 4) is 11.5 Å². The molecule has 2 aliphatic carbocycles. The number of phenols is 1. The number of para-hydroxylation sites is 1. The van der Waals surface area contributed by atoms with E-state index in [-0.39, 0.29) is 41.0 Å². The molecule has 12 heteroatoms. The standard InChI is InChI=1S/C41H33Cl2N3O7/c1-21(47)22-7-12-25(13-8-22)45-37(49)29-17-16-27-30(35(29)39(45)51)20-31-38(50)46(44-33-18-11-24(42)19-32(33)43)40(52)41(31,23-9-14-26(53-2)15-10-23)36(27)28-5-3-4-6-34(28)48/h3-16,18-19,29-31,35-36,44,48H,17,20H2,1-2H3. The van der Waals surface area contributed by atoms with E-state index in [1.54, 1.807) is 78.9 Å². The second kappa shape index (κ2) is 12.9. The minimum atomic E-state index is -1.60. The normalized spacial score (nSPS) is 26.2. The number of nitrogens with zero attached hydrogens (tertiary/aromatic N) is 2. The lowest BCUT2D eigenvalue weighted by molar-refractivity contribution is -0.138. The summed E-state index contributed by atoms with van der Waals surface area (Å²) >= 11 is 12.7. The van der Waals surface area contributed by atoms with Crippen LogP contribution >= 0.6 is 23.2 Å². The van der Waals surface area contributed by atoms with Gasteiger partial charge in [0.15, 0.2) is 5.78 Å². The zero-order chi connectivity index (χ0) is 37.3. The number of halogens is 2. The summed E-state index contributed by atoms with van der Waals surface area (Å²) in [5, 5.41) is 13.1. The van der Waals surface area contributed by atoms with Crippen LogP contribution in [0.1, 0.15) is 47.2 Å². The Bertz CT molecular complexity index is 2260. The van der Waals surface area contributed by atoms with Crippen LogP contribution in [0.25, 0.3) is 0 Å². The molecule has 2 heterocycles. The first-order valence-electron chi connectivity index (χ1n) is 17.2. The lowest BCUT2D eigenvalue weighted by Gasteiger charge is -2.50. The van der Waals surface area contributed by atoms with Gasteiger partial charge in [0, 0.05) is 22.1 Å². The third-order valence-corrected chi connectivity index (χ3v) is 11.9. The van der Waals surface area contributed by atoms with Gasteiger partial charge in [-0.2, -0.15) is 5.01 Å². The number of amides is 4. The highest BCUT2D eigenvalue weighted by Crippen LogP contribution is 2.65. The number of rotatable bonds is 7. The highest BCUT2D eigenvalue weighted by Gasteiger charge is 2.70. The van der Waals surface area contributed by atoms with E-state index < -0.39 is 52.7 Å². The number of phenolic OH excluding ortho intramolecular Hbond substituents is 1. The minimum Gasteiger partial charge on any atom is -0.508 e. The minimum absolute atomic E-state index is 0.0658. The lowest BCUT2D eigenvalue weighted by Crippen LogP contribution is -2.53. The van der Waals surface area contributed by atoms with Crippen LogP contribution in [0, 0.1) is 23.7 Å². The molecule has 0 aromatic heterocycles. The van der Waals surface area contributed by atoms with Crippen molar-refractivity contribution in [2.45, 2.75) is 31.1 Å². The first-order chi connectivity index (χ1) is 25.5. The number of allylic oxidation sites excluding steroid dienone is 2. The van der Waals surface area contributed by atoms with Crippen LogP contribution in [0.3, 0.4) is 0 Å². The van der Waals surface area contributed by atoms with Crippen molar-refractivity contribution >= 4 is 64.0 Å². The van der Waals surface area contributed by atoms with E-state index in [1.807, 2.05) is 6.08 Å². The quantitative estimate of drug-likeness (QED) is 0.116. The van der Waals surface area contributed by atoms with Crippen LogP contribution in [-0.4, -0.2) is 46.6 Å². The van der Waals surface area contributed by atoms with Crippen LogP contribution in [0.15, 0.2) is 103 Å². The van der Waals surface area contributed by atoms with Crippen LogP contribution < -0.4 is 15.1 Å². The molecule has 0 bridgehead atoms. The number of anilines is 2. The molecule has 4 aliphatic rings. The Morgan fingerprint density at radius 3 is 2.26 bits per heavy atom. The van der Waals surface area contributed by atoms with Crippen molar-refractivity contribution < 1.29 is 33.8 Å². The van der Waals surface area contributed by atoms with Gasteiger partial charge in [0.1, 0.15) is 11.5 Å². The maximum absolute atomic E-state index is 15.3. The predicted molar refractivity (Wildman–Crippen MR) is 198 cm³/mol. The molecule has 4 amide bonds. The third kappa shape index (κ3) is 5.18. The number of fused-ring (bicyclic) bond motifs is 4. The average molecular weight is 751 g/mol. The summed E-state index contributed by atoms with van der Waals surface area (Å²) in [7, 11) is 1.53. The van der Waals surface area contributed by atoms with Crippen molar-refractivity contribution in [3.05, 3.63) is 129 Å². The number of ether oxygens (including phenoxy) is 1. The van der Waals surface area contributed by atoms with Crippen molar-refractivity contribution in [1.29, 1.82) is 0 Å². The number of benzene rings is 4. The maximum Gasteiger partial charge on any atom is 0.260 e. The molecule has 2 aliphatic heterocycles. The molecule has 4 aromatic carbocycles. The number of hydrogen-bond donors (Lipinski definition) is 2. The number of nitrogens with one attached hydrogen (secondary N) is 1. The van der Waals surface area contributed by atoms with Gasteiger partial charge in [-0.3, -0.25) is 34.3 Å². The van der Waals surface area contributed by atoms with Gasteiger partial charge in [-0.1, -0.05) is 65.2 Å². The summed E-state index contributed by atoms with van der Waals surface area (Å²) in [6.07, 6.45) is 2.19. The van der Waals surface area contributed by atoms with E-state index in [1.165, 1.54) is 31.1 Å². The van der Waals surface area contributed by atoms with Crippen LogP contribution in [-0.2, 0) is 24.6 Å². The Morgan fingerprint density at radius 1 is 0.887 bits per heavy atom. The molecule has 268 valence electrons. The van der Waals surface area contributed by atoms with Gasteiger partial charge in [0.2, 0.25) is 11.8 Å². The van der Waals surface area contributed by atoms with Gasteiger partial charge in [-0.05, 0) is 91.9 Å². The fraction of sp³-hybridized carbons (Fsp3) is 0.244. The number of aromatic hydroxyl groups is 1. The summed E-state index contributed by atoms with van der Waals surface area (Å²) < 4.78 is 5.44. The number of imide groups is 2. The van der Waals surface area contributed by atoms with Gasteiger partial charge in [0.25, 0.3) is 11.8 Å². The molecule has 2 saturated heterocycles. The fourth-order valence-corrected chi connectivity index (χ4v) is 9.47. The van der Waals surface area contributed by atoms with Gasteiger partial charge in [-0.25, -0.2) is 0 Å². The first kappa shape index (κ1) is 34.6. The number of methoxy groups -OCH3 is 1. The molecule has 0 spiro atoms. The van der Waals surface area contributed by atoms with Crippen molar-refractivity contribution in [2.24, 2.45) is 23.7 Å². The zero-order valence-electron chi connectivity index (χ0n) is 28.6. The second-order valence-electron chi connectivity index (χ2n) is 13.9. The first-order valence-corrected chi connectivity index (χ1v) is 17.9. The lowest BCUT2D eigenvalue weighted by atomic mass is 9.49. The molecule has 6 atom stereocenters. The fourth-order valence-electron chi connectivity index (χ4n) is 9.02.